The van der Waals surface area contributed by atoms with Crippen LogP contribution in [0.2, 0.25) is 0 Å². The third-order valence-corrected chi connectivity index (χ3v) is 10.4. The molecule has 0 fully saturated rings. The molecular formula is C84H92N8O16. The van der Waals surface area contributed by atoms with E-state index in [1.54, 1.807) is 148 Å². The molecule has 24 nitrogen and oxygen atoms in total. The highest BCUT2D eigenvalue weighted by Crippen LogP contribution is 2.11. The minimum absolute atomic E-state index is 0.250. The molecule has 8 N–H and O–H groups in total. The SMILES string of the molecule is C=Cc1ccccc1C=C.C=Cc1ccccc1C=C.C=Cc1ccncc1.C=Cc1ccncc1.C=Cc1ccncc1.C=Cc1ccncc1.C=Cc1ccncc1.C=Cc1ccncc1.C=Cc1ccncc1.C=Cc1ccncc1.O=CO.O=CO.O=CO.O=CO.O=CO.O=CO.O=CO.O=CO. The Morgan fingerprint density at radius 3 is 0.306 bits per heavy atom. The van der Waals surface area contributed by atoms with Crippen LogP contribution in [-0.4, -0.2) is 133 Å². The monoisotopic (exact) mass is 1470 g/mol. The average molecular weight is 1470 g/mol. The molecule has 0 amide bonds. The fraction of sp³-hybridized carbons (Fsp3) is 0. The molecule has 8 aromatic heterocycles. The molecule has 0 aliphatic carbocycles. The van der Waals surface area contributed by atoms with Gasteiger partial charge in [0.2, 0.25) is 0 Å². The summed E-state index contributed by atoms with van der Waals surface area (Å²) in [6.07, 6.45) is 49.6. The first-order valence-electron chi connectivity index (χ1n) is 30.1. The van der Waals surface area contributed by atoms with Crippen molar-refractivity contribution in [3.63, 3.8) is 0 Å². The summed E-state index contributed by atoms with van der Waals surface area (Å²) < 4.78 is 0. The summed E-state index contributed by atoms with van der Waals surface area (Å²) in [6, 6.07) is 46.6. The molecule has 24 heteroatoms. The topological polar surface area (TPSA) is 402 Å². The highest BCUT2D eigenvalue weighted by molar-refractivity contribution is 5.64. The number of hydrogen-bond acceptors (Lipinski definition) is 16. The van der Waals surface area contributed by atoms with Gasteiger partial charge in [-0.2, -0.15) is 0 Å². The molecule has 10 rings (SSSR count). The molecule has 108 heavy (non-hydrogen) atoms. The molecule has 0 aliphatic rings. The zero-order valence-corrected chi connectivity index (χ0v) is 59.5. The number of benzene rings is 2. The molecule has 0 saturated heterocycles. The van der Waals surface area contributed by atoms with Gasteiger partial charge in [0.05, 0.1) is 0 Å². The zero-order valence-electron chi connectivity index (χ0n) is 59.5. The summed E-state index contributed by atoms with van der Waals surface area (Å²) in [7, 11) is 0. The van der Waals surface area contributed by atoms with E-state index in [-0.39, 0.29) is 51.8 Å². The van der Waals surface area contributed by atoms with Gasteiger partial charge in [-0.05, 0) is 164 Å². The summed E-state index contributed by atoms with van der Waals surface area (Å²) in [6.45, 7) is 41.6. The predicted molar refractivity (Wildman–Crippen MR) is 437 cm³/mol. The lowest BCUT2D eigenvalue weighted by molar-refractivity contribution is -0.123. The molecule has 10 aromatic rings. The van der Waals surface area contributed by atoms with Crippen molar-refractivity contribution >= 4 is 125 Å². The number of rotatable bonds is 12. The standard InChI is InChI=1S/2C10H10.8C7H7N.8CH2O2/c2*1-3-9-7-5-6-8-10(9)4-2;8*1-2-7-3-5-8-6-4-7;8*2-1-3/h2*3-8H,1-2H2;8*2-6H,1H2;8*1H,(H,2,3). The highest BCUT2D eigenvalue weighted by Gasteiger charge is 1.91. The van der Waals surface area contributed by atoms with Gasteiger partial charge in [-0.1, -0.05) is 200 Å². The molecule has 0 radical (unpaired) electrons. The molecular weight excluding hydrogens is 1380 g/mol. The van der Waals surface area contributed by atoms with Gasteiger partial charge in [0.25, 0.3) is 51.8 Å². The Kier molecular flexibility index (Phi) is 95.7. The van der Waals surface area contributed by atoms with Crippen molar-refractivity contribution < 1.29 is 79.2 Å². The first-order valence-corrected chi connectivity index (χ1v) is 30.1. The van der Waals surface area contributed by atoms with E-state index in [4.69, 9.17) is 79.2 Å². The van der Waals surface area contributed by atoms with E-state index >= 15 is 0 Å². The second-order valence-corrected chi connectivity index (χ2v) is 16.8. The Balaban J connectivity index is -0.000000166. The third kappa shape index (κ3) is 81.0. The van der Waals surface area contributed by atoms with E-state index < -0.39 is 0 Å². The Morgan fingerprint density at radius 2 is 0.250 bits per heavy atom. The van der Waals surface area contributed by atoms with Crippen molar-refractivity contribution in [3.8, 4) is 0 Å². The Labute approximate surface area is 631 Å². The van der Waals surface area contributed by atoms with Crippen LogP contribution in [-0.2, 0) is 38.4 Å². The van der Waals surface area contributed by atoms with Gasteiger partial charge in [0.15, 0.2) is 0 Å². The van der Waals surface area contributed by atoms with Gasteiger partial charge in [-0.3, -0.25) is 78.2 Å². The van der Waals surface area contributed by atoms with Gasteiger partial charge in [-0.25, -0.2) is 0 Å². The van der Waals surface area contributed by atoms with E-state index in [0.29, 0.717) is 0 Å². The largest absolute Gasteiger partial charge is 0.483 e. The van der Waals surface area contributed by atoms with Gasteiger partial charge in [0, 0.05) is 99.1 Å². The van der Waals surface area contributed by atoms with Crippen LogP contribution < -0.4 is 0 Å². The molecule has 2 aromatic carbocycles. The molecule has 0 atom stereocenters. The van der Waals surface area contributed by atoms with Crippen molar-refractivity contribution in [2.45, 2.75) is 0 Å². The predicted octanol–water partition coefficient (Wildman–Crippen LogP) is 17.3. The number of hydrogen-bond donors (Lipinski definition) is 8. The fourth-order valence-corrected chi connectivity index (χ4v) is 5.76. The second kappa shape index (κ2) is 95.5. The van der Waals surface area contributed by atoms with Crippen molar-refractivity contribution in [2.24, 2.45) is 0 Å². The average Bonchev–Trinajstić information content (AvgIpc) is 0.911. The van der Waals surface area contributed by atoms with Gasteiger partial charge in [-0.15, -0.1) is 0 Å². The van der Waals surface area contributed by atoms with Crippen LogP contribution in [0.1, 0.15) is 66.8 Å². The van der Waals surface area contributed by atoms with E-state index in [1.807, 2.05) is 170 Å². The van der Waals surface area contributed by atoms with E-state index in [9.17, 15) is 0 Å². The molecule has 0 aliphatic heterocycles. The van der Waals surface area contributed by atoms with Crippen molar-refractivity contribution in [3.05, 3.63) is 390 Å². The third-order valence-electron chi connectivity index (χ3n) is 10.4. The number of pyridine rings is 8. The maximum atomic E-state index is 8.36. The van der Waals surface area contributed by atoms with E-state index in [2.05, 4.69) is 119 Å². The van der Waals surface area contributed by atoms with Crippen LogP contribution in [0.3, 0.4) is 0 Å². The van der Waals surface area contributed by atoms with Gasteiger partial charge >= 0.3 is 0 Å². The highest BCUT2D eigenvalue weighted by atomic mass is 16.4. The number of nitrogens with zero attached hydrogens (tertiary/aromatic N) is 8. The summed E-state index contributed by atoms with van der Waals surface area (Å²) in [5, 5.41) is 55.1. The summed E-state index contributed by atoms with van der Waals surface area (Å²) in [5.41, 5.74) is 13.4. The van der Waals surface area contributed by atoms with Crippen molar-refractivity contribution in [1.82, 2.24) is 39.9 Å². The molecule has 0 spiro atoms. The fourth-order valence-electron chi connectivity index (χ4n) is 5.76. The van der Waals surface area contributed by atoms with E-state index in [0.717, 1.165) is 66.8 Å². The van der Waals surface area contributed by atoms with E-state index in [1.165, 1.54) is 0 Å². The lowest BCUT2D eigenvalue weighted by Crippen LogP contribution is -1.76. The molecule has 8 heterocycles. The van der Waals surface area contributed by atoms with Crippen molar-refractivity contribution in [2.75, 3.05) is 0 Å². The lowest BCUT2D eigenvalue weighted by atomic mass is 10.1. The zero-order chi connectivity index (χ0) is 83.0. The van der Waals surface area contributed by atoms with Crippen LogP contribution in [0.25, 0.3) is 72.9 Å². The summed E-state index contributed by atoms with van der Waals surface area (Å²) in [5.74, 6) is 0. The number of carboxylic acid groups (broad SMARTS) is 8. The summed E-state index contributed by atoms with van der Waals surface area (Å²) in [4.78, 5) is 97.7. The lowest BCUT2D eigenvalue weighted by Gasteiger charge is -1.96. The van der Waals surface area contributed by atoms with Crippen LogP contribution >= 0.6 is 0 Å². The maximum absolute atomic E-state index is 8.36. The first kappa shape index (κ1) is 108. The molecule has 0 bridgehead atoms. The van der Waals surface area contributed by atoms with Crippen LogP contribution in [0, 0.1) is 0 Å². The Morgan fingerprint density at radius 1 is 0.167 bits per heavy atom. The maximum Gasteiger partial charge on any atom is 0.290 e. The minimum Gasteiger partial charge on any atom is -0.483 e. The number of carbonyl (C=O) groups is 8. The Bertz CT molecular complexity index is 3150. The van der Waals surface area contributed by atoms with Gasteiger partial charge < -0.3 is 40.9 Å². The Hall–Kier alpha value is -15.7. The van der Waals surface area contributed by atoms with Crippen LogP contribution in [0.15, 0.2) is 324 Å². The van der Waals surface area contributed by atoms with Crippen molar-refractivity contribution in [1.29, 1.82) is 0 Å². The van der Waals surface area contributed by atoms with Gasteiger partial charge in [0.1, 0.15) is 0 Å². The van der Waals surface area contributed by atoms with Crippen LogP contribution in [0.5, 0.6) is 0 Å². The molecule has 0 unspecified atom stereocenters. The summed E-state index contributed by atoms with van der Waals surface area (Å²) >= 11 is 0. The smallest absolute Gasteiger partial charge is 0.290 e. The quantitative estimate of drug-likeness (QED) is 0.0527. The van der Waals surface area contributed by atoms with Crippen LogP contribution in [0.4, 0.5) is 0 Å². The number of aromatic nitrogens is 8. The molecule has 564 valence electrons. The first-order chi connectivity index (χ1) is 52.5. The minimum atomic E-state index is -0.250. The molecule has 0 saturated carbocycles. The second-order valence-electron chi connectivity index (χ2n) is 16.8. The normalized spacial score (nSPS) is 7.56.